The van der Waals surface area contributed by atoms with Crippen molar-refractivity contribution in [1.82, 2.24) is 0 Å². The van der Waals surface area contributed by atoms with Crippen LogP contribution in [0, 0.1) is 0 Å². The third kappa shape index (κ3) is 4.70. The average Bonchev–Trinajstić information content (AvgIpc) is 2.36. The quantitative estimate of drug-likeness (QED) is 0.451. The molecule has 0 fully saturated rings. The number of aliphatic hydroxyl groups is 2. The van der Waals surface area contributed by atoms with E-state index >= 15 is 0 Å². The molecule has 92 valence electrons. The monoisotopic (exact) mass is 236 g/mol. The molecule has 1 unspecified atom stereocenters. The van der Waals surface area contributed by atoms with Crippen LogP contribution in [0.15, 0.2) is 42.2 Å². The fraction of sp³-hybridized carbons (Fsp3) is 0.308. The zero-order chi connectivity index (χ0) is 12.7. The molecule has 2 N–H and O–H groups in total. The van der Waals surface area contributed by atoms with Crippen LogP contribution in [0.1, 0.15) is 19.8 Å². The summed E-state index contributed by atoms with van der Waals surface area (Å²) in [6.07, 6.45) is 0.466. The Balaban J connectivity index is 2.36. The van der Waals surface area contributed by atoms with E-state index in [1.807, 2.05) is 6.07 Å². The molecule has 4 heteroatoms. The summed E-state index contributed by atoms with van der Waals surface area (Å²) < 4.78 is 5.18. The van der Waals surface area contributed by atoms with Crippen LogP contribution >= 0.6 is 0 Å². The summed E-state index contributed by atoms with van der Waals surface area (Å²) in [7, 11) is 0. The van der Waals surface area contributed by atoms with Crippen LogP contribution in [0.25, 0.3) is 0 Å². The molecule has 1 aromatic rings. The van der Waals surface area contributed by atoms with E-state index in [4.69, 9.17) is 9.84 Å². The molecule has 0 saturated heterocycles. The van der Waals surface area contributed by atoms with Gasteiger partial charge >= 0.3 is 0 Å². The standard InChI is InChI=1S/C13H16O4/c1-2-11(14)12(15)8-9-13(16)17-10-6-4-3-5-7-10/h2-7,13-14,16H,8-9H2,1H3. The van der Waals surface area contributed by atoms with E-state index in [1.165, 1.54) is 6.08 Å². The Bertz CT molecular complexity index is 384. The van der Waals surface area contributed by atoms with Crippen LogP contribution in [-0.2, 0) is 4.79 Å². The highest BCUT2D eigenvalue weighted by molar-refractivity contribution is 5.92. The van der Waals surface area contributed by atoms with Gasteiger partial charge in [-0.3, -0.25) is 4.79 Å². The van der Waals surface area contributed by atoms with Crippen molar-refractivity contribution >= 4 is 5.78 Å². The number of Topliss-reactive ketones (excluding diaryl/α,β-unsaturated/α-hetero) is 1. The van der Waals surface area contributed by atoms with Gasteiger partial charge in [0.1, 0.15) is 5.75 Å². The number of allylic oxidation sites excluding steroid dienone is 2. The molecule has 17 heavy (non-hydrogen) atoms. The summed E-state index contributed by atoms with van der Waals surface area (Å²) >= 11 is 0. The molecular weight excluding hydrogens is 220 g/mol. The molecule has 0 aliphatic carbocycles. The van der Waals surface area contributed by atoms with E-state index in [2.05, 4.69) is 0 Å². The van der Waals surface area contributed by atoms with Crippen molar-refractivity contribution in [3.8, 4) is 5.75 Å². The first-order chi connectivity index (χ1) is 8.13. The minimum Gasteiger partial charge on any atom is -0.505 e. The first kappa shape index (κ1) is 13.3. The predicted octanol–water partition coefficient (Wildman–Crippen LogP) is 2.19. The summed E-state index contributed by atoms with van der Waals surface area (Å²) in [5.74, 6) is -0.136. The highest BCUT2D eigenvalue weighted by atomic mass is 16.6. The van der Waals surface area contributed by atoms with E-state index < -0.39 is 12.1 Å². The summed E-state index contributed by atoms with van der Waals surface area (Å²) in [5.41, 5.74) is 0. The summed E-state index contributed by atoms with van der Waals surface area (Å²) in [6, 6.07) is 8.85. The molecule has 0 saturated carbocycles. The van der Waals surface area contributed by atoms with Crippen LogP contribution in [0.3, 0.4) is 0 Å². The lowest BCUT2D eigenvalue weighted by Gasteiger charge is -2.12. The van der Waals surface area contributed by atoms with E-state index in [1.54, 1.807) is 31.2 Å². The summed E-state index contributed by atoms with van der Waals surface area (Å²) in [4.78, 5) is 11.2. The molecule has 0 aliphatic rings. The highest BCUT2D eigenvalue weighted by Gasteiger charge is 2.11. The number of rotatable bonds is 6. The van der Waals surface area contributed by atoms with Gasteiger partial charge in [-0.1, -0.05) is 18.2 Å². The zero-order valence-electron chi connectivity index (χ0n) is 9.67. The Morgan fingerprint density at radius 3 is 2.65 bits per heavy atom. The van der Waals surface area contributed by atoms with Crippen LogP contribution in [0.5, 0.6) is 5.75 Å². The lowest BCUT2D eigenvalue weighted by molar-refractivity contribution is -0.119. The smallest absolute Gasteiger partial charge is 0.197 e. The fourth-order valence-corrected chi connectivity index (χ4v) is 1.26. The Morgan fingerprint density at radius 1 is 1.41 bits per heavy atom. The fourth-order valence-electron chi connectivity index (χ4n) is 1.26. The number of ketones is 1. The van der Waals surface area contributed by atoms with Crippen molar-refractivity contribution < 1.29 is 19.7 Å². The van der Waals surface area contributed by atoms with Gasteiger partial charge in [-0.15, -0.1) is 0 Å². The molecule has 0 amide bonds. The van der Waals surface area contributed by atoms with Gasteiger partial charge < -0.3 is 14.9 Å². The molecule has 1 rings (SSSR count). The van der Waals surface area contributed by atoms with Gasteiger partial charge in [0, 0.05) is 12.8 Å². The Kier molecular flexibility index (Phi) is 5.23. The van der Waals surface area contributed by atoms with Gasteiger partial charge in [0.2, 0.25) is 0 Å². The molecule has 0 aromatic heterocycles. The second-order valence-corrected chi connectivity index (χ2v) is 3.52. The van der Waals surface area contributed by atoms with E-state index in [0.29, 0.717) is 5.75 Å². The van der Waals surface area contributed by atoms with Crippen molar-refractivity contribution in [2.75, 3.05) is 0 Å². The molecule has 0 aliphatic heterocycles. The maximum absolute atomic E-state index is 11.2. The average molecular weight is 236 g/mol. The van der Waals surface area contributed by atoms with E-state index in [0.717, 1.165) is 0 Å². The molecule has 0 heterocycles. The van der Waals surface area contributed by atoms with Crippen LogP contribution in [-0.4, -0.2) is 22.3 Å². The van der Waals surface area contributed by atoms with Gasteiger partial charge in [-0.05, 0) is 25.1 Å². The minimum absolute atomic E-state index is 0.0458. The van der Waals surface area contributed by atoms with Crippen LogP contribution in [0.2, 0.25) is 0 Å². The molecule has 1 atom stereocenters. The summed E-state index contributed by atoms with van der Waals surface area (Å²) in [5, 5.41) is 18.6. The minimum atomic E-state index is -1.05. The Morgan fingerprint density at radius 2 is 2.06 bits per heavy atom. The van der Waals surface area contributed by atoms with Gasteiger partial charge in [0.15, 0.2) is 17.8 Å². The molecule has 0 radical (unpaired) electrons. The van der Waals surface area contributed by atoms with E-state index in [9.17, 15) is 9.90 Å². The van der Waals surface area contributed by atoms with E-state index in [-0.39, 0.29) is 18.6 Å². The van der Waals surface area contributed by atoms with Crippen molar-refractivity contribution in [2.24, 2.45) is 0 Å². The first-order valence-electron chi connectivity index (χ1n) is 5.41. The maximum atomic E-state index is 11.2. The number of carbonyl (C=O) groups is 1. The number of aliphatic hydroxyl groups excluding tert-OH is 2. The number of benzene rings is 1. The SMILES string of the molecule is CC=C(O)C(=O)CCC(O)Oc1ccccc1. The molecule has 0 spiro atoms. The third-order valence-electron chi connectivity index (χ3n) is 2.19. The molecule has 4 nitrogen and oxygen atoms in total. The van der Waals surface area contributed by atoms with Gasteiger partial charge in [0.05, 0.1) is 0 Å². The number of ether oxygens (including phenoxy) is 1. The largest absolute Gasteiger partial charge is 0.505 e. The molecule has 0 bridgehead atoms. The second-order valence-electron chi connectivity index (χ2n) is 3.52. The van der Waals surface area contributed by atoms with Gasteiger partial charge in [-0.25, -0.2) is 0 Å². The maximum Gasteiger partial charge on any atom is 0.197 e. The Hall–Kier alpha value is -1.81. The number of para-hydroxylation sites is 1. The normalized spacial score (nSPS) is 13.2. The topological polar surface area (TPSA) is 66.8 Å². The Labute approximate surface area is 100 Å². The molecule has 1 aromatic carbocycles. The second kappa shape index (κ2) is 6.70. The van der Waals surface area contributed by atoms with Gasteiger partial charge in [-0.2, -0.15) is 0 Å². The third-order valence-corrected chi connectivity index (χ3v) is 2.19. The van der Waals surface area contributed by atoms with Crippen molar-refractivity contribution in [2.45, 2.75) is 26.1 Å². The summed E-state index contributed by atoms with van der Waals surface area (Å²) in [6.45, 7) is 1.57. The van der Waals surface area contributed by atoms with Crippen molar-refractivity contribution in [3.63, 3.8) is 0 Å². The number of hydrogen-bond acceptors (Lipinski definition) is 4. The lowest BCUT2D eigenvalue weighted by Crippen LogP contribution is -2.17. The number of carbonyl (C=O) groups excluding carboxylic acids is 1. The van der Waals surface area contributed by atoms with Crippen LogP contribution < -0.4 is 4.74 Å². The van der Waals surface area contributed by atoms with Crippen LogP contribution in [0.4, 0.5) is 0 Å². The zero-order valence-corrected chi connectivity index (χ0v) is 9.67. The number of hydrogen-bond donors (Lipinski definition) is 2. The van der Waals surface area contributed by atoms with Crippen molar-refractivity contribution in [1.29, 1.82) is 0 Å². The predicted molar refractivity (Wildman–Crippen MR) is 63.7 cm³/mol. The highest BCUT2D eigenvalue weighted by Crippen LogP contribution is 2.12. The lowest BCUT2D eigenvalue weighted by atomic mass is 10.2. The molecular formula is C13H16O4. The first-order valence-corrected chi connectivity index (χ1v) is 5.41. The van der Waals surface area contributed by atoms with Crippen molar-refractivity contribution in [3.05, 3.63) is 42.2 Å². The van der Waals surface area contributed by atoms with Gasteiger partial charge in [0.25, 0.3) is 0 Å².